The predicted octanol–water partition coefficient (Wildman–Crippen LogP) is 2.27. The van der Waals surface area contributed by atoms with Crippen molar-refractivity contribution < 1.29 is 13.2 Å². The second kappa shape index (κ2) is 5.82. The van der Waals surface area contributed by atoms with Gasteiger partial charge in [0, 0.05) is 24.7 Å². The molecule has 0 bridgehead atoms. The van der Waals surface area contributed by atoms with Crippen LogP contribution in [0.2, 0.25) is 0 Å². The summed E-state index contributed by atoms with van der Waals surface area (Å²) in [5.41, 5.74) is 2.33. The SMILES string of the molecule is CC(C)C1CCCN1C(=O)c1ccc2c(c1)CCN2S(C)(=O)=O. The Hall–Kier alpha value is -1.56. The molecule has 1 aromatic carbocycles. The molecule has 1 unspecified atom stereocenters. The maximum Gasteiger partial charge on any atom is 0.254 e. The molecule has 2 aliphatic rings. The van der Waals surface area contributed by atoms with Gasteiger partial charge in [-0.15, -0.1) is 0 Å². The zero-order chi connectivity index (χ0) is 16.8. The number of carbonyl (C=O) groups is 1. The van der Waals surface area contributed by atoms with Crippen molar-refractivity contribution in [2.75, 3.05) is 23.7 Å². The van der Waals surface area contributed by atoms with E-state index in [0.29, 0.717) is 36.2 Å². The van der Waals surface area contributed by atoms with Crippen LogP contribution in [0.1, 0.15) is 42.6 Å². The van der Waals surface area contributed by atoms with Crippen LogP contribution in [0, 0.1) is 5.92 Å². The summed E-state index contributed by atoms with van der Waals surface area (Å²) in [7, 11) is -3.25. The number of nitrogens with zero attached hydrogens (tertiary/aromatic N) is 2. The van der Waals surface area contributed by atoms with Gasteiger partial charge >= 0.3 is 0 Å². The summed E-state index contributed by atoms with van der Waals surface area (Å²) in [6.07, 6.45) is 4.01. The van der Waals surface area contributed by atoms with E-state index in [1.54, 1.807) is 12.1 Å². The molecule has 1 amide bonds. The topological polar surface area (TPSA) is 57.7 Å². The monoisotopic (exact) mass is 336 g/mol. The molecule has 1 fully saturated rings. The molecule has 0 spiro atoms. The van der Waals surface area contributed by atoms with Gasteiger partial charge in [-0.3, -0.25) is 9.10 Å². The van der Waals surface area contributed by atoms with E-state index in [4.69, 9.17) is 0 Å². The first-order valence-electron chi connectivity index (χ1n) is 8.20. The van der Waals surface area contributed by atoms with Crippen molar-refractivity contribution in [3.05, 3.63) is 29.3 Å². The minimum atomic E-state index is -3.25. The summed E-state index contributed by atoms with van der Waals surface area (Å²) in [5.74, 6) is 0.526. The minimum Gasteiger partial charge on any atom is -0.335 e. The molecule has 0 saturated carbocycles. The summed E-state index contributed by atoms with van der Waals surface area (Å²) in [4.78, 5) is 14.8. The Labute approximate surface area is 138 Å². The Morgan fingerprint density at radius 3 is 2.65 bits per heavy atom. The molecular weight excluding hydrogens is 312 g/mol. The van der Waals surface area contributed by atoms with Crippen LogP contribution in [0.4, 0.5) is 5.69 Å². The first kappa shape index (κ1) is 16.3. The molecule has 0 N–H and O–H groups in total. The molecule has 5 nitrogen and oxygen atoms in total. The van der Waals surface area contributed by atoms with Crippen molar-refractivity contribution in [3.8, 4) is 0 Å². The number of benzene rings is 1. The second-order valence-electron chi connectivity index (χ2n) is 6.88. The summed E-state index contributed by atoms with van der Waals surface area (Å²) in [6.45, 7) is 5.59. The lowest BCUT2D eigenvalue weighted by Gasteiger charge is -2.28. The Balaban J connectivity index is 1.87. The normalized spacial score (nSPS) is 21.1. The van der Waals surface area contributed by atoms with Gasteiger partial charge in [-0.25, -0.2) is 8.42 Å². The number of hydrogen-bond donors (Lipinski definition) is 0. The highest BCUT2D eigenvalue weighted by Gasteiger charge is 2.32. The average Bonchev–Trinajstić information content (AvgIpc) is 3.11. The number of anilines is 1. The number of fused-ring (bicyclic) bond motifs is 1. The number of likely N-dealkylation sites (tertiary alicyclic amines) is 1. The fourth-order valence-corrected chi connectivity index (χ4v) is 4.71. The van der Waals surface area contributed by atoms with Gasteiger partial charge in [-0.1, -0.05) is 13.8 Å². The third-order valence-corrected chi connectivity index (χ3v) is 6.09. The van der Waals surface area contributed by atoms with Crippen molar-refractivity contribution >= 4 is 21.6 Å². The zero-order valence-electron chi connectivity index (χ0n) is 13.9. The van der Waals surface area contributed by atoms with Crippen LogP contribution in [0.3, 0.4) is 0 Å². The van der Waals surface area contributed by atoms with Gasteiger partial charge in [0.2, 0.25) is 10.0 Å². The van der Waals surface area contributed by atoms with E-state index in [-0.39, 0.29) is 5.91 Å². The van der Waals surface area contributed by atoms with Crippen LogP contribution >= 0.6 is 0 Å². The molecule has 0 aliphatic carbocycles. The lowest BCUT2D eigenvalue weighted by atomic mass is 10.0. The second-order valence-corrected chi connectivity index (χ2v) is 8.79. The van der Waals surface area contributed by atoms with Crippen LogP contribution < -0.4 is 4.31 Å². The van der Waals surface area contributed by atoms with Crippen LogP contribution in [0.15, 0.2) is 18.2 Å². The Kier molecular flexibility index (Phi) is 4.12. The molecule has 126 valence electrons. The fraction of sp³-hybridized carbons (Fsp3) is 0.588. The molecule has 0 aromatic heterocycles. The first-order valence-corrected chi connectivity index (χ1v) is 10.1. The minimum absolute atomic E-state index is 0.0711. The molecular formula is C17H24N2O3S. The van der Waals surface area contributed by atoms with E-state index in [0.717, 1.165) is 24.9 Å². The van der Waals surface area contributed by atoms with Gasteiger partial charge in [0.1, 0.15) is 0 Å². The zero-order valence-corrected chi connectivity index (χ0v) is 14.8. The van der Waals surface area contributed by atoms with E-state index >= 15 is 0 Å². The molecule has 2 aliphatic heterocycles. The van der Waals surface area contributed by atoms with E-state index in [2.05, 4.69) is 13.8 Å². The van der Waals surface area contributed by atoms with E-state index in [9.17, 15) is 13.2 Å². The van der Waals surface area contributed by atoms with Crippen LogP contribution in [0.5, 0.6) is 0 Å². The first-order chi connectivity index (χ1) is 10.8. The number of rotatable bonds is 3. The smallest absolute Gasteiger partial charge is 0.254 e. The Morgan fingerprint density at radius 1 is 1.26 bits per heavy atom. The van der Waals surface area contributed by atoms with Gasteiger partial charge in [0.05, 0.1) is 11.9 Å². The van der Waals surface area contributed by atoms with Crippen molar-refractivity contribution in [1.29, 1.82) is 0 Å². The predicted molar refractivity (Wildman–Crippen MR) is 91.2 cm³/mol. The van der Waals surface area contributed by atoms with E-state index in [1.807, 2.05) is 11.0 Å². The van der Waals surface area contributed by atoms with Gasteiger partial charge in [0.15, 0.2) is 0 Å². The summed E-state index contributed by atoms with van der Waals surface area (Å²) < 4.78 is 25.0. The maximum atomic E-state index is 12.8. The molecule has 2 heterocycles. The standard InChI is InChI=1S/C17H24N2O3S/c1-12(2)15-5-4-9-18(15)17(20)14-6-7-16-13(11-14)8-10-19(16)23(3,21)22/h6-7,11-12,15H,4-5,8-10H2,1-3H3. The third-order valence-electron chi connectivity index (χ3n) is 4.91. The number of amides is 1. The van der Waals surface area contributed by atoms with Gasteiger partial charge in [-0.05, 0) is 48.9 Å². The van der Waals surface area contributed by atoms with Crippen molar-refractivity contribution in [1.82, 2.24) is 4.90 Å². The number of sulfonamides is 1. The van der Waals surface area contributed by atoms with Crippen molar-refractivity contribution in [2.45, 2.75) is 39.2 Å². The van der Waals surface area contributed by atoms with Gasteiger partial charge in [-0.2, -0.15) is 0 Å². The van der Waals surface area contributed by atoms with E-state index < -0.39 is 10.0 Å². The number of hydrogen-bond acceptors (Lipinski definition) is 3. The molecule has 0 radical (unpaired) electrons. The molecule has 1 saturated heterocycles. The molecule has 1 atom stereocenters. The summed E-state index contributed by atoms with van der Waals surface area (Å²) in [5, 5.41) is 0. The quantitative estimate of drug-likeness (QED) is 0.851. The fourth-order valence-electron chi connectivity index (χ4n) is 3.75. The van der Waals surface area contributed by atoms with Crippen LogP contribution in [-0.2, 0) is 16.4 Å². The third kappa shape index (κ3) is 2.96. The lowest BCUT2D eigenvalue weighted by molar-refractivity contribution is 0.0701. The highest BCUT2D eigenvalue weighted by molar-refractivity contribution is 7.92. The summed E-state index contributed by atoms with van der Waals surface area (Å²) >= 11 is 0. The molecule has 3 rings (SSSR count). The van der Waals surface area contributed by atoms with Crippen LogP contribution in [-0.4, -0.2) is 44.6 Å². The highest BCUT2D eigenvalue weighted by Crippen LogP contribution is 2.32. The lowest BCUT2D eigenvalue weighted by Crippen LogP contribution is -2.38. The Morgan fingerprint density at radius 2 is 2.00 bits per heavy atom. The van der Waals surface area contributed by atoms with Crippen molar-refractivity contribution in [2.24, 2.45) is 5.92 Å². The molecule has 1 aromatic rings. The Bertz CT molecular complexity index is 727. The van der Waals surface area contributed by atoms with Gasteiger partial charge in [0.25, 0.3) is 5.91 Å². The molecule has 6 heteroatoms. The van der Waals surface area contributed by atoms with Crippen molar-refractivity contribution in [3.63, 3.8) is 0 Å². The van der Waals surface area contributed by atoms with Crippen LogP contribution in [0.25, 0.3) is 0 Å². The average molecular weight is 336 g/mol. The van der Waals surface area contributed by atoms with Gasteiger partial charge < -0.3 is 4.90 Å². The number of carbonyl (C=O) groups excluding carboxylic acids is 1. The largest absolute Gasteiger partial charge is 0.335 e. The highest BCUT2D eigenvalue weighted by atomic mass is 32.2. The van der Waals surface area contributed by atoms with E-state index in [1.165, 1.54) is 10.6 Å². The maximum absolute atomic E-state index is 12.8. The summed E-state index contributed by atoms with van der Waals surface area (Å²) in [6, 6.07) is 5.72. The molecule has 23 heavy (non-hydrogen) atoms.